The van der Waals surface area contributed by atoms with Gasteiger partial charge in [-0.3, -0.25) is 4.79 Å². The van der Waals surface area contributed by atoms with Crippen molar-refractivity contribution in [2.45, 2.75) is 26.1 Å². The molecule has 0 aliphatic rings. The van der Waals surface area contributed by atoms with E-state index in [9.17, 15) is 23.2 Å². The first-order valence-corrected chi connectivity index (χ1v) is 10.1. The minimum Gasteiger partial charge on any atom is -0.348 e. The molecule has 8 nitrogen and oxygen atoms in total. The molecule has 0 fully saturated rings. The highest BCUT2D eigenvalue weighted by atomic mass is 19.4. The molecule has 0 saturated heterocycles. The van der Waals surface area contributed by atoms with Crippen LogP contribution in [0.25, 0.3) is 22.3 Å². The van der Waals surface area contributed by atoms with E-state index in [1.54, 1.807) is 12.1 Å². The molecule has 1 aromatic carbocycles. The number of halogens is 3. The van der Waals surface area contributed by atoms with Crippen molar-refractivity contribution in [2.24, 2.45) is 0 Å². The van der Waals surface area contributed by atoms with E-state index in [4.69, 9.17) is 0 Å². The molecule has 1 amide bonds. The fourth-order valence-corrected chi connectivity index (χ4v) is 3.43. The molecular formula is C23H18F3N7O. The summed E-state index contributed by atoms with van der Waals surface area (Å²) in [6, 6.07) is 9.90. The molecule has 3 N–H and O–H groups in total. The normalized spacial score (nSPS) is 12.2. The number of carbonyl (C=O) groups is 1. The summed E-state index contributed by atoms with van der Waals surface area (Å²) in [5, 5.41) is 15.5. The number of anilines is 2. The molecule has 3 heterocycles. The van der Waals surface area contributed by atoms with Gasteiger partial charge in [0.25, 0.3) is 0 Å². The summed E-state index contributed by atoms with van der Waals surface area (Å²) < 4.78 is 39.6. The Hall–Kier alpha value is -4.46. The Kier molecular flexibility index (Phi) is 5.89. The second-order valence-electron chi connectivity index (χ2n) is 7.56. The Balaban J connectivity index is 1.67. The first-order valence-electron chi connectivity index (χ1n) is 10.1. The predicted octanol–water partition coefficient (Wildman–Crippen LogP) is 5.04. The van der Waals surface area contributed by atoms with Crippen molar-refractivity contribution in [3.8, 4) is 17.3 Å². The van der Waals surface area contributed by atoms with E-state index in [0.29, 0.717) is 11.3 Å². The molecule has 4 rings (SSSR count). The van der Waals surface area contributed by atoms with Crippen LogP contribution in [0.3, 0.4) is 0 Å². The average Bonchev–Trinajstić information content (AvgIpc) is 3.21. The summed E-state index contributed by atoms with van der Waals surface area (Å²) >= 11 is 0. The maximum absolute atomic E-state index is 13.2. The summed E-state index contributed by atoms with van der Waals surface area (Å²) in [5.74, 6) is 0.0222. The van der Waals surface area contributed by atoms with Crippen LogP contribution in [0.1, 0.15) is 36.6 Å². The van der Waals surface area contributed by atoms with Gasteiger partial charge in [-0.2, -0.15) is 18.4 Å². The highest BCUT2D eigenvalue weighted by Crippen LogP contribution is 2.35. The van der Waals surface area contributed by atoms with Gasteiger partial charge in [0, 0.05) is 36.0 Å². The SMILES string of the molecule is CC(=O)Nc1ccc(C(C)Nc2ncc(C#N)c(-c3c[nH]c4ncc(C(F)(F)F)cc34)n2)cc1. The lowest BCUT2D eigenvalue weighted by molar-refractivity contribution is -0.137. The molecule has 0 radical (unpaired) electrons. The molecule has 0 saturated carbocycles. The van der Waals surface area contributed by atoms with Crippen LogP contribution in [0.15, 0.2) is 48.9 Å². The third kappa shape index (κ3) is 4.66. The third-order valence-corrected chi connectivity index (χ3v) is 5.10. The Morgan fingerprint density at radius 1 is 1.18 bits per heavy atom. The Labute approximate surface area is 191 Å². The molecule has 4 aromatic rings. The number of amides is 1. The first-order chi connectivity index (χ1) is 16.2. The zero-order valence-electron chi connectivity index (χ0n) is 18.0. The van der Waals surface area contributed by atoms with E-state index in [1.807, 2.05) is 25.1 Å². The fraction of sp³-hybridized carbons (Fsp3) is 0.174. The zero-order valence-corrected chi connectivity index (χ0v) is 18.0. The van der Waals surface area contributed by atoms with Crippen LogP contribution in [-0.4, -0.2) is 25.8 Å². The molecular weight excluding hydrogens is 447 g/mol. The summed E-state index contributed by atoms with van der Waals surface area (Å²) in [6.45, 7) is 3.30. The van der Waals surface area contributed by atoms with Crippen molar-refractivity contribution in [1.82, 2.24) is 19.9 Å². The highest BCUT2D eigenvalue weighted by Gasteiger charge is 2.31. The number of hydrogen-bond acceptors (Lipinski definition) is 6. The lowest BCUT2D eigenvalue weighted by atomic mass is 10.1. The first kappa shape index (κ1) is 22.7. The second-order valence-corrected chi connectivity index (χ2v) is 7.56. The molecule has 3 aromatic heterocycles. The van der Waals surface area contributed by atoms with Gasteiger partial charge in [0.15, 0.2) is 0 Å². The summed E-state index contributed by atoms with van der Waals surface area (Å²) in [4.78, 5) is 26.4. The number of rotatable bonds is 5. The van der Waals surface area contributed by atoms with E-state index in [1.165, 1.54) is 19.3 Å². The number of aromatic amines is 1. The van der Waals surface area contributed by atoms with Crippen LogP contribution in [-0.2, 0) is 11.0 Å². The molecule has 1 atom stereocenters. The Morgan fingerprint density at radius 2 is 1.91 bits per heavy atom. The van der Waals surface area contributed by atoms with Crippen molar-refractivity contribution in [3.63, 3.8) is 0 Å². The second kappa shape index (κ2) is 8.82. The third-order valence-electron chi connectivity index (χ3n) is 5.10. The Bertz CT molecular complexity index is 1410. The molecule has 0 aliphatic carbocycles. The number of nitrogens with one attached hydrogen (secondary N) is 3. The number of H-pyrrole nitrogens is 1. The van der Waals surface area contributed by atoms with Crippen LogP contribution in [0, 0.1) is 11.3 Å². The van der Waals surface area contributed by atoms with Gasteiger partial charge in [-0.05, 0) is 30.7 Å². The summed E-state index contributed by atoms with van der Waals surface area (Å²) in [7, 11) is 0. The number of aromatic nitrogens is 4. The fourth-order valence-electron chi connectivity index (χ4n) is 3.43. The molecule has 172 valence electrons. The van der Waals surface area contributed by atoms with E-state index in [-0.39, 0.29) is 40.2 Å². The minimum absolute atomic E-state index is 0.108. The van der Waals surface area contributed by atoms with Gasteiger partial charge in [0.2, 0.25) is 11.9 Å². The lowest BCUT2D eigenvalue weighted by Gasteiger charge is -2.15. The van der Waals surface area contributed by atoms with Gasteiger partial charge in [-0.25, -0.2) is 15.0 Å². The van der Waals surface area contributed by atoms with Crippen molar-refractivity contribution >= 4 is 28.6 Å². The summed E-state index contributed by atoms with van der Waals surface area (Å²) in [5.41, 5.74) is 1.48. The van der Waals surface area contributed by atoms with Gasteiger partial charge in [-0.15, -0.1) is 0 Å². The number of nitriles is 1. The van der Waals surface area contributed by atoms with Gasteiger partial charge < -0.3 is 15.6 Å². The maximum Gasteiger partial charge on any atom is 0.417 e. The number of nitrogens with zero attached hydrogens (tertiary/aromatic N) is 4. The quantitative estimate of drug-likeness (QED) is 0.380. The Morgan fingerprint density at radius 3 is 2.56 bits per heavy atom. The van der Waals surface area contributed by atoms with Crippen molar-refractivity contribution in [1.29, 1.82) is 5.26 Å². The smallest absolute Gasteiger partial charge is 0.348 e. The lowest BCUT2D eigenvalue weighted by Crippen LogP contribution is -2.11. The van der Waals surface area contributed by atoms with Gasteiger partial charge in [0.05, 0.1) is 29.1 Å². The van der Waals surface area contributed by atoms with E-state index < -0.39 is 11.7 Å². The van der Waals surface area contributed by atoms with Gasteiger partial charge >= 0.3 is 6.18 Å². The number of benzene rings is 1. The van der Waals surface area contributed by atoms with Crippen molar-refractivity contribution < 1.29 is 18.0 Å². The van der Waals surface area contributed by atoms with E-state index >= 15 is 0 Å². The minimum atomic E-state index is -4.56. The number of carbonyl (C=O) groups excluding carboxylic acids is 1. The number of alkyl halides is 3. The van der Waals surface area contributed by atoms with Crippen molar-refractivity contribution in [2.75, 3.05) is 10.6 Å². The number of hydrogen-bond donors (Lipinski definition) is 3. The maximum atomic E-state index is 13.2. The summed E-state index contributed by atoms with van der Waals surface area (Å²) in [6.07, 6.45) is -1.02. The van der Waals surface area contributed by atoms with E-state index in [2.05, 4.69) is 30.6 Å². The van der Waals surface area contributed by atoms with Crippen LogP contribution >= 0.6 is 0 Å². The van der Waals surface area contributed by atoms with Gasteiger partial charge in [0.1, 0.15) is 11.7 Å². The molecule has 0 spiro atoms. The average molecular weight is 465 g/mol. The van der Waals surface area contributed by atoms with Gasteiger partial charge in [-0.1, -0.05) is 12.1 Å². The largest absolute Gasteiger partial charge is 0.417 e. The van der Waals surface area contributed by atoms with E-state index in [0.717, 1.165) is 17.8 Å². The van der Waals surface area contributed by atoms with Crippen LogP contribution in [0.4, 0.5) is 24.8 Å². The molecule has 11 heteroatoms. The number of pyridine rings is 1. The van der Waals surface area contributed by atoms with Crippen molar-refractivity contribution in [3.05, 3.63) is 65.6 Å². The highest BCUT2D eigenvalue weighted by molar-refractivity contribution is 5.94. The monoisotopic (exact) mass is 465 g/mol. The standard InChI is InChI=1S/C23H18F3N7O/c1-12(14-3-5-17(6-4-14)32-13(2)34)31-22-30-9-15(8-27)20(33-22)19-11-29-21-18(19)7-16(10-28-21)23(24,25)26/h3-7,9-12H,1-2H3,(H,28,29)(H,32,34)(H,30,31,33). The zero-order chi connectivity index (χ0) is 24.5. The van der Waals surface area contributed by atoms with Crippen LogP contribution in [0.5, 0.6) is 0 Å². The molecule has 0 aliphatic heterocycles. The van der Waals surface area contributed by atoms with Crippen LogP contribution < -0.4 is 10.6 Å². The number of fused-ring (bicyclic) bond motifs is 1. The molecule has 0 bridgehead atoms. The molecule has 34 heavy (non-hydrogen) atoms. The topological polar surface area (TPSA) is 119 Å². The predicted molar refractivity (Wildman–Crippen MR) is 120 cm³/mol. The molecule has 1 unspecified atom stereocenters. The van der Waals surface area contributed by atoms with Crippen LogP contribution in [0.2, 0.25) is 0 Å².